The lowest BCUT2D eigenvalue weighted by atomic mass is 9.86. The maximum absolute atomic E-state index is 6.74. The molecular weight excluding hydrogens is 444 g/mol. The summed E-state index contributed by atoms with van der Waals surface area (Å²) in [6.45, 7) is 2.79. The van der Waals surface area contributed by atoms with E-state index in [1.165, 1.54) is 11.1 Å². The summed E-state index contributed by atoms with van der Waals surface area (Å²) < 4.78 is 13.1. The van der Waals surface area contributed by atoms with Crippen LogP contribution in [0, 0.1) is 0 Å². The summed E-state index contributed by atoms with van der Waals surface area (Å²) in [6.07, 6.45) is 1.86. The first-order valence-electron chi connectivity index (χ1n) is 8.73. The summed E-state index contributed by atoms with van der Waals surface area (Å²) in [5.74, 6) is 0. The Hall–Kier alpha value is -0.680. The smallest absolute Gasteiger partial charge is 0.106 e. The quantitative estimate of drug-likeness (QED) is 0.549. The number of benzene rings is 2. The highest BCUT2D eigenvalue weighted by atomic mass is 79.9. The minimum atomic E-state index is -0.364. The van der Waals surface area contributed by atoms with Gasteiger partial charge in [0.1, 0.15) is 5.60 Å². The van der Waals surface area contributed by atoms with E-state index in [0.717, 1.165) is 12.8 Å². The van der Waals surface area contributed by atoms with E-state index in [9.17, 15) is 0 Å². The van der Waals surface area contributed by atoms with E-state index in [-0.39, 0.29) is 22.1 Å². The molecule has 4 heteroatoms. The van der Waals surface area contributed by atoms with Crippen LogP contribution in [0.3, 0.4) is 0 Å². The molecule has 0 amide bonds. The van der Waals surface area contributed by atoms with Gasteiger partial charge >= 0.3 is 0 Å². The Morgan fingerprint density at radius 2 is 1.64 bits per heavy atom. The van der Waals surface area contributed by atoms with Crippen molar-refractivity contribution in [3.8, 4) is 0 Å². The summed E-state index contributed by atoms with van der Waals surface area (Å²) in [5.41, 5.74) is 1.80. The maximum Gasteiger partial charge on any atom is 0.106 e. The molecular formula is C21H22Br2O2. The van der Waals surface area contributed by atoms with Gasteiger partial charge in [0.25, 0.3) is 0 Å². The summed E-state index contributed by atoms with van der Waals surface area (Å²) in [4.78, 5) is 0.553. The Morgan fingerprint density at radius 3 is 2.32 bits per heavy atom. The second-order valence-electron chi connectivity index (χ2n) is 7.26. The summed E-state index contributed by atoms with van der Waals surface area (Å²) in [5, 5.41) is 0. The SMILES string of the molecule is C[C@]12O[C@](c3ccccc3)(C[C@@H](Br)[C@@H]1Br)C[C@H]2OCc1ccccc1. The van der Waals surface area contributed by atoms with Crippen LogP contribution in [0.1, 0.15) is 30.9 Å². The number of alkyl halides is 2. The second-order valence-corrected chi connectivity index (χ2v) is 9.42. The predicted octanol–water partition coefficient (Wildman–Crippen LogP) is 5.58. The van der Waals surface area contributed by atoms with Crippen LogP contribution in [-0.4, -0.2) is 21.4 Å². The molecule has 2 aromatic rings. The van der Waals surface area contributed by atoms with Gasteiger partial charge in [-0.1, -0.05) is 92.5 Å². The fourth-order valence-corrected chi connectivity index (χ4v) is 5.82. The van der Waals surface area contributed by atoms with Crippen molar-refractivity contribution >= 4 is 31.9 Å². The topological polar surface area (TPSA) is 18.5 Å². The highest BCUT2D eigenvalue weighted by molar-refractivity contribution is 9.12. The van der Waals surface area contributed by atoms with E-state index in [2.05, 4.69) is 93.4 Å². The number of hydrogen-bond donors (Lipinski definition) is 0. The van der Waals surface area contributed by atoms with Crippen LogP contribution >= 0.6 is 31.9 Å². The standard InChI is InChI=1S/C21H22Br2O2/c1-20-18(24-14-15-8-4-2-5-9-15)13-21(25-20,12-17(22)19(20)23)16-10-6-3-7-11-16/h2-11,17-19H,12-14H2,1H3/t17-,18-,19+,20-,21-/m1/s1. The van der Waals surface area contributed by atoms with Gasteiger partial charge < -0.3 is 9.47 Å². The van der Waals surface area contributed by atoms with Gasteiger partial charge in [0.2, 0.25) is 0 Å². The number of fused-ring (bicyclic) bond motifs is 2. The Bertz CT molecular complexity index is 723. The van der Waals surface area contributed by atoms with Crippen molar-refractivity contribution in [1.82, 2.24) is 0 Å². The number of ether oxygens (including phenoxy) is 2. The van der Waals surface area contributed by atoms with Crippen LogP contribution in [0.4, 0.5) is 0 Å². The van der Waals surface area contributed by atoms with E-state index >= 15 is 0 Å². The molecule has 2 fully saturated rings. The van der Waals surface area contributed by atoms with E-state index < -0.39 is 0 Å². The van der Waals surface area contributed by atoms with E-state index in [0.29, 0.717) is 11.4 Å². The Morgan fingerprint density at radius 1 is 1.00 bits per heavy atom. The van der Waals surface area contributed by atoms with Crippen molar-refractivity contribution in [1.29, 1.82) is 0 Å². The Labute approximate surface area is 166 Å². The molecule has 5 atom stereocenters. The summed E-state index contributed by atoms with van der Waals surface area (Å²) in [7, 11) is 0. The number of halogens is 2. The minimum absolute atomic E-state index is 0.0415. The van der Waals surface area contributed by atoms with Crippen LogP contribution < -0.4 is 0 Å². The molecule has 132 valence electrons. The molecule has 0 saturated carbocycles. The van der Waals surface area contributed by atoms with Crippen LogP contribution in [-0.2, 0) is 21.7 Å². The lowest BCUT2D eigenvalue weighted by Gasteiger charge is -2.45. The van der Waals surface area contributed by atoms with E-state index in [1.54, 1.807) is 0 Å². The van der Waals surface area contributed by atoms with Gasteiger partial charge in [0.05, 0.1) is 23.1 Å². The summed E-state index contributed by atoms with van der Waals surface area (Å²) in [6, 6.07) is 20.9. The highest BCUT2D eigenvalue weighted by Crippen LogP contribution is 2.57. The zero-order valence-corrected chi connectivity index (χ0v) is 17.4. The third kappa shape index (κ3) is 3.12. The van der Waals surface area contributed by atoms with Gasteiger partial charge in [-0.05, 0) is 24.5 Å². The molecule has 0 aromatic heterocycles. The molecule has 0 unspecified atom stereocenters. The average molecular weight is 466 g/mol. The molecule has 25 heavy (non-hydrogen) atoms. The fourth-order valence-electron chi connectivity index (χ4n) is 4.20. The van der Waals surface area contributed by atoms with Crippen LogP contribution in [0.5, 0.6) is 0 Å². The van der Waals surface area contributed by atoms with Crippen molar-refractivity contribution in [2.75, 3.05) is 0 Å². The minimum Gasteiger partial charge on any atom is -0.370 e. The lowest BCUT2D eigenvalue weighted by Crippen LogP contribution is -2.53. The zero-order valence-electron chi connectivity index (χ0n) is 14.2. The third-order valence-corrected chi connectivity index (χ3v) is 8.66. The van der Waals surface area contributed by atoms with Crippen molar-refractivity contribution in [2.45, 2.75) is 53.3 Å². The predicted molar refractivity (Wildman–Crippen MR) is 107 cm³/mol. The van der Waals surface area contributed by atoms with Crippen LogP contribution in [0.25, 0.3) is 0 Å². The first kappa shape index (κ1) is 17.7. The van der Waals surface area contributed by atoms with Crippen LogP contribution in [0.15, 0.2) is 60.7 Å². The highest BCUT2D eigenvalue weighted by Gasteiger charge is 2.63. The molecule has 0 radical (unpaired) electrons. The Kier molecular flexibility index (Phi) is 4.82. The van der Waals surface area contributed by atoms with Crippen molar-refractivity contribution in [3.63, 3.8) is 0 Å². The molecule has 4 rings (SSSR count). The van der Waals surface area contributed by atoms with Gasteiger partial charge in [0, 0.05) is 11.2 Å². The molecule has 0 spiro atoms. The van der Waals surface area contributed by atoms with Gasteiger partial charge in [-0.2, -0.15) is 0 Å². The first-order valence-corrected chi connectivity index (χ1v) is 10.6. The molecule has 2 aliphatic rings. The fraction of sp³-hybridized carbons (Fsp3) is 0.429. The average Bonchev–Trinajstić information content (AvgIpc) is 2.90. The molecule has 2 heterocycles. The first-order chi connectivity index (χ1) is 12.0. The van der Waals surface area contributed by atoms with Gasteiger partial charge in [-0.15, -0.1) is 0 Å². The molecule has 2 aliphatic heterocycles. The van der Waals surface area contributed by atoms with Crippen molar-refractivity contribution in [3.05, 3.63) is 71.8 Å². The number of hydrogen-bond acceptors (Lipinski definition) is 2. The Balaban J connectivity index is 1.62. The van der Waals surface area contributed by atoms with Gasteiger partial charge in [-0.3, -0.25) is 0 Å². The molecule has 0 aliphatic carbocycles. The zero-order chi connectivity index (χ0) is 17.5. The third-order valence-electron chi connectivity index (χ3n) is 5.55. The van der Waals surface area contributed by atoms with Crippen LogP contribution in [0.2, 0.25) is 0 Å². The maximum atomic E-state index is 6.74. The van der Waals surface area contributed by atoms with Crippen molar-refractivity contribution < 1.29 is 9.47 Å². The second kappa shape index (κ2) is 6.80. The normalized spacial score (nSPS) is 37.2. The molecule has 2 bridgehead atoms. The monoisotopic (exact) mass is 464 g/mol. The van der Waals surface area contributed by atoms with E-state index in [4.69, 9.17) is 9.47 Å². The molecule has 2 nitrogen and oxygen atoms in total. The number of rotatable bonds is 4. The summed E-state index contributed by atoms with van der Waals surface area (Å²) >= 11 is 7.76. The van der Waals surface area contributed by atoms with E-state index in [1.807, 2.05) is 6.07 Å². The van der Waals surface area contributed by atoms with Gasteiger partial charge in [0.15, 0.2) is 0 Å². The largest absolute Gasteiger partial charge is 0.370 e. The van der Waals surface area contributed by atoms with Gasteiger partial charge in [-0.25, -0.2) is 0 Å². The molecule has 2 saturated heterocycles. The lowest BCUT2D eigenvalue weighted by molar-refractivity contribution is -0.152. The van der Waals surface area contributed by atoms with Crippen molar-refractivity contribution in [2.24, 2.45) is 0 Å². The molecule has 0 N–H and O–H groups in total. The molecule has 2 aromatic carbocycles.